The van der Waals surface area contributed by atoms with Crippen LogP contribution in [0, 0.1) is 0 Å². The summed E-state index contributed by atoms with van der Waals surface area (Å²) >= 11 is 0. The average Bonchev–Trinajstić information content (AvgIpc) is 3.25. The van der Waals surface area contributed by atoms with Gasteiger partial charge in [-0.3, -0.25) is 19.4 Å². The number of ether oxygens (including phenoxy) is 3. The number of hydrogen-bond donors (Lipinski definition) is 0. The van der Waals surface area contributed by atoms with E-state index in [-0.39, 0.29) is 31.1 Å². The molecule has 0 aliphatic carbocycles. The molecule has 61 heavy (non-hydrogen) atoms. The molecule has 1 rings (SSSR count). The van der Waals surface area contributed by atoms with Gasteiger partial charge in [-0.15, -0.1) is 0 Å². The molecule has 1 aromatic rings. The van der Waals surface area contributed by atoms with E-state index >= 15 is 0 Å². The summed E-state index contributed by atoms with van der Waals surface area (Å²) < 4.78 is 16.9. The van der Waals surface area contributed by atoms with E-state index in [9.17, 15) is 19.2 Å². The lowest BCUT2D eigenvalue weighted by Gasteiger charge is -2.22. The van der Waals surface area contributed by atoms with Gasteiger partial charge in [0.1, 0.15) is 13.2 Å². The minimum absolute atomic E-state index is 0.106. The summed E-state index contributed by atoms with van der Waals surface area (Å²) in [5.41, 5.74) is 0.989. The fourth-order valence-electron chi connectivity index (χ4n) is 7.53. The van der Waals surface area contributed by atoms with Gasteiger partial charge in [-0.1, -0.05) is 168 Å². The molecule has 1 amide bonds. The molecule has 1 aromatic heterocycles. The van der Waals surface area contributed by atoms with Crippen molar-refractivity contribution in [1.29, 1.82) is 0 Å². The first-order valence-corrected chi connectivity index (χ1v) is 25.1. The van der Waals surface area contributed by atoms with Crippen LogP contribution in [0.5, 0.6) is 0 Å². The van der Waals surface area contributed by atoms with Crippen LogP contribution in [-0.4, -0.2) is 91.6 Å². The first kappa shape index (κ1) is 56.0. The zero-order valence-electron chi connectivity index (χ0n) is 40.0. The summed E-state index contributed by atoms with van der Waals surface area (Å²) in [5, 5.41) is 0. The van der Waals surface area contributed by atoms with E-state index in [0.29, 0.717) is 56.5 Å². The predicted molar refractivity (Wildman–Crippen MR) is 250 cm³/mol. The lowest BCUT2D eigenvalue weighted by atomic mass is 10.0. The Morgan fingerprint density at radius 3 is 1.39 bits per heavy atom. The lowest BCUT2D eigenvalue weighted by Crippen LogP contribution is -2.36. The van der Waals surface area contributed by atoms with Crippen LogP contribution in [0.4, 0.5) is 0 Å². The molecule has 0 saturated carbocycles. The van der Waals surface area contributed by atoms with Crippen LogP contribution in [0.2, 0.25) is 0 Å². The van der Waals surface area contributed by atoms with Crippen molar-refractivity contribution in [2.75, 3.05) is 46.9 Å². The summed E-state index contributed by atoms with van der Waals surface area (Å²) in [6.07, 6.45) is 34.7. The summed E-state index contributed by atoms with van der Waals surface area (Å²) in [6, 6.07) is 3.25. The molecule has 0 aliphatic heterocycles. The van der Waals surface area contributed by atoms with Crippen LogP contribution < -0.4 is 0 Å². The molecule has 0 N–H and O–H groups in total. The lowest BCUT2D eigenvalue weighted by molar-refractivity contribution is -0.153. The van der Waals surface area contributed by atoms with E-state index in [4.69, 9.17) is 14.2 Å². The number of carbonyl (C=O) groups excluding carboxylic acids is 4. The number of hydrogen-bond acceptors (Lipinski definition) is 9. The minimum Gasteiger partial charge on any atom is -0.462 e. The maximum Gasteiger partial charge on any atom is 0.338 e. The third-order valence-corrected chi connectivity index (χ3v) is 11.5. The van der Waals surface area contributed by atoms with E-state index in [1.54, 1.807) is 18.3 Å². The molecule has 10 nitrogen and oxygen atoms in total. The number of aromatic nitrogens is 1. The number of unbranched alkanes of at least 4 members (excludes halogenated alkanes) is 24. The molecule has 0 bridgehead atoms. The van der Waals surface area contributed by atoms with E-state index in [2.05, 4.69) is 23.7 Å². The van der Waals surface area contributed by atoms with Crippen LogP contribution in [0.15, 0.2) is 18.3 Å². The van der Waals surface area contributed by atoms with Crippen molar-refractivity contribution in [1.82, 2.24) is 14.8 Å². The second-order valence-electron chi connectivity index (χ2n) is 17.5. The number of esters is 3. The van der Waals surface area contributed by atoms with Crippen LogP contribution in [-0.2, 0) is 35.0 Å². The van der Waals surface area contributed by atoms with Gasteiger partial charge >= 0.3 is 17.9 Å². The van der Waals surface area contributed by atoms with Gasteiger partial charge in [0, 0.05) is 50.8 Å². The first-order chi connectivity index (χ1) is 29.7. The number of carbonyl (C=O) groups is 4. The fraction of sp³-hybridized carbons (Fsp3) is 0.824. The highest BCUT2D eigenvalue weighted by atomic mass is 16.6. The zero-order chi connectivity index (χ0) is 44.6. The van der Waals surface area contributed by atoms with Crippen molar-refractivity contribution in [3.63, 3.8) is 0 Å². The summed E-state index contributed by atoms with van der Waals surface area (Å²) in [6.45, 7) is 8.29. The van der Waals surface area contributed by atoms with E-state index in [1.807, 2.05) is 25.9 Å². The minimum atomic E-state index is -0.935. The van der Waals surface area contributed by atoms with E-state index < -0.39 is 12.1 Å². The normalized spacial score (nSPS) is 11.3. The van der Waals surface area contributed by atoms with Crippen molar-refractivity contribution >= 4 is 23.8 Å². The van der Waals surface area contributed by atoms with Crippen LogP contribution >= 0.6 is 0 Å². The van der Waals surface area contributed by atoms with Crippen molar-refractivity contribution in [3.8, 4) is 0 Å². The van der Waals surface area contributed by atoms with Crippen LogP contribution in [0.1, 0.15) is 229 Å². The van der Waals surface area contributed by atoms with Gasteiger partial charge < -0.3 is 24.0 Å². The fourth-order valence-corrected chi connectivity index (χ4v) is 7.53. The first-order valence-electron chi connectivity index (χ1n) is 25.1. The van der Waals surface area contributed by atoms with Crippen molar-refractivity contribution < 1.29 is 33.4 Å². The van der Waals surface area contributed by atoms with E-state index in [0.717, 1.165) is 45.1 Å². The zero-order valence-corrected chi connectivity index (χ0v) is 40.0. The molecule has 0 spiro atoms. The van der Waals surface area contributed by atoms with Crippen LogP contribution in [0.25, 0.3) is 0 Å². The number of aryl methyl sites for hydroxylation is 1. The van der Waals surface area contributed by atoms with Gasteiger partial charge in [0.25, 0.3) is 0 Å². The highest BCUT2D eigenvalue weighted by Crippen LogP contribution is 2.16. The molecular weight excluding hydrogens is 767 g/mol. The number of nitrogens with zero attached hydrogens (tertiary/aromatic N) is 3. The summed E-state index contributed by atoms with van der Waals surface area (Å²) in [5.74, 6) is -1.18. The second-order valence-corrected chi connectivity index (χ2v) is 17.5. The Balaban J connectivity index is 2.56. The Kier molecular flexibility index (Phi) is 36.6. The van der Waals surface area contributed by atoms with Gasteiger partial charge in [-0.2, -0.15) is 0 Å². The Hall–Kier alpha value is -3.01. The summed E-state index contributed by atoms with van der Waals surface area (Å²) in [7, 11) is 3.98. The standard InChI is InChI=1S/C51H91N3O7/c1-6-9-11-13-15-17-19-21-23-25-27-29-31-36-49(56)59-43-47(44-60-50(57)37-32-30-28-26-24-22-20-18-16-14-12-10-7-2)61-51(58)45-38-39-52-46(42-45)34-33-35-48(55)54(8-3)41-40-53(4)5/h38-39,42,47H,6-37,40-41,43-44H2,1-5H3. The maximum absolute atomic E-state index is 13.4. The molecule has 1 heterocycles. The van der Waals surface area contributed by atoms with Gasteiger partial charge in [0.2, 0.25) is 5.91 Å². The molecule has 352 valence electrons. The Morgan fingerprint density at radius 2 is 0.984 bits per heavy atom. The van der Waals surface area contributed by atoms with Gasteiger partial charge in [-0.25, -0.2) is 4.79 Å². The molecule has 0 radical (unpaired) electrons. The molecular formula is C51H91N3O7. The maximum atomic E-state index is 13.4. The number of pyridine rings is 1. The molecule has 0 aromatic carbocycles. The number of likely N-dealkylation sites (N-methyl/N-ethyl adjacent to an activating group) is 2. The Bertz CT molecular complexity index is 1200. The van der Waals surface area contributed by atoms with Gasteiger partial charge in [-0.05, 0) is 58.8 Å². The third kappa shape index (κ3) is 33.3. The van der Waals surface area contributed by atoms with E-state index in [1.165, 1.54) is 128 Å². The van der Waals surface area contributed by atoms with Crippen LogP contribution in [0.3, 0.4) is 0 Å². The van der Waals surface area contributed by atoms with Crippen molar-refractivity contribution in [2.45, 2.75) is 226 Å². The third-order valence-electron chi connectivity index (χ3n) is 11.5. The smallest absolute Gasteiger partial charge is 0.338 e. The topological polar surface area (TPSA) is 115 Å². The van der Waals surface area contributed by atoms with Gasteiger partial charge in [0.05, 0.1) is 5.56 Å². The monoisotopic (exact) mass is 858 g/mol. The molecule has 10 heteroatoms. The SMILES string of the molecule is CCCCCCCCCCCCCCCC(=O)OCC(COC(=O)CCCCCCCCCCCCCCC)OC(=O)c1ccnc(CCCC(=O)N(CC)CCN(C)C)c1. The Labute approximate surface area is 373 Å². The number of rotatable bonds is 42. The number of amides is 1. The molecule has 0 saturated heterocycles. The van der Waals surface area contributed by atoms with Crippen molar-refractivity contribution in [3.05, 3.63) is 29.6 Å². The Morgan fingerprint density at radius 1 is 0.557 bits per heavy atom. The largest absolute Gasteiger partial charge is 0.462 e. The predicted octanol–water partition coefficient (Wildman–Crippen LogP) is 12.4. The van der Waals surface area contributed by atoms with Crippen molar-refractivity contribution in [2.24, 2.45) is 0 Å². The average molecular weight is 858 g/mol. The quantitative estimate of drug-likeness (QED) is 0.0360. The second kappa shape index (κ2) is 39.8. The molecule has 0 fully saturated rings. The summed E-state index contributed by atoms with van der Waals surface area (Å²) in [4.78, 5) is 59.9. The highest BCUT2D eigenvalue weighted by Gasteiger charge is 2.21. The highest BCUT2D eigenvalue weighted by molar-refractivity contribution is 5.89. The van der Waals surface area contributed by atoms with Gasteiger partial charge in [0.15, 0.2) is 6.10 Å². The molecule has 0 aliphatic rings. The molecule has 0 atom stereocenters. The molecule has 0 unspecified atom stereocenters.